The topological polar surface area (TPSA) is 38.8 Å². The molecule has 0 bridgehead atoms. The van der Waals surface area contributed by atoms with E-state index in [2.05, 4.69) is 60.7 Å². The van der Waals surface area contributed by atoms with Crippen LogP contribution in [-0.4, -0.2) is 27.2 Å². The molecule has 2 aromatic carbocycles. The Morgan fingerprint density at radius 2 is 1.52 bits per heavy atom. The zero-order valence-corrected chi connectivity index (χ0v) is 17.9. The number of rotatable bonds is 8. The second-order valence-electron chi connectivity index (χ2n) is 7.34. The van der Waals surface area contributed by atoms with Gasteiger partial charge in [-0.1, -0.05) is 97.1 Å². The first-order valence-corrected chi connectivity index (χ1v) is 10.6. The molecule has 1 heterocycles. The SMILES string of the molecule is CC(C)C[C@H]1OC(=O)[C@@H](ON(Cc2ccccc2)Cc2ccccc2)[C@@H]1I. The monoisotopic (exact) mass is 479 g/mol. The number of hydrogen-bond acceptors (Lipinski definition) is 4. The van der Waals surface area contributed by atoms with Crippen molar-refractivity contribution in [3.05, 3.63) is 71.8 Å². The van der Waals surface area contributed by atoms with Crippen LogP contribution in [0.4, 0.5) is 0 Å². The number of benzene rings is 2. The number of esters is 1. The fourth-order valence-electron chi connectivity index (χ4n) is 3.22. The first-order chi connectivity index (χ1) is 13.0. The number of hydroxylamine groups is 2. The van der Waals surface area contributed by atoms with Crippen LogP contribution in [-0.2, 0) is 27.5 Å². The Balaban J connectivity index is 1.73. The van der Waals surface area contributed by atoms with Crippen molar-refractivity contribution in [2.75, 3.05) is 0 Å². The van der Waals surface area contributed by atoms with Gasteiger partial charge in [-0.3, -0.25) is 4.84 Å². The van der Waals surface area contributed by atoms with Gasteiger partial charge >= 0.3 is 5.97 Å². The van der Waals surface area contributed by atoms with Gasteiger partial charge in [0.25, 0.3) is 0 Å². The van der Waals surface area contributed by atoms with Gasteiger partial charge in [-0.2, -0.15) is 5.06 Å². The van der Waals surface area contributed by atoms with E-state index in [1.807, 2.05) is 41.5 Å². The number of alkyl halides is 1. The summed E-state index contributed by atoms with van der Waals surface area (Å²) in [6, 6.07) is 20.3. The van der Waals surface area contributed by atoms with E-state index in [0.29, 0.717) is 19.0 Å². The Morgan fingerprint density at radius 1 is 1.00 bits per heavy atom. The molecule has 27 heavy (non-hydrogen) atoms. The number of carbonyl (C=O) groups excluding carboxylic acids is 1. The molecule has 3 rings (SSSR count). The number of hydrogen-bond donors (Lipinski definition) is 0. The minimum absolute atomic E-state index is 0.00606. The predicted octanol–water partition coefficient (Wildman–Crippen LogP) is 4.76. The quantitative estimate of drug-likeness (QED) is 0.237. The van der Waals surface area contributed by atoms with Crippen molar-refractivity contribution in [3.63, 3.8) is 0 Å². The molecule has 5 heteroatoms. The molecule has 0 saturated carbocycles. The van der Waals surface area contributed by atoms with Crippen LogP contribution >= 0.6 is 22.6 Å². The van der Waals surface area contributed by atoms with E-state index in [-0.39, 0.29) is 16.0 Å². The molecule has 2 aromatic rings. The maximum absolute atomic E-state index is 12.4. The van der Waals surface area contributed by atoms with E-state index in [4.69, 9.17) is 9.57 Å². The average Bonchev–Trinajstić information content (AvgIpc) is 2.90. The van der Waals surface area contributed by atoms with E-state index in [9.17, 15) is 4.79 Å². The summed E-state index contributed by atoms with van der Waals surface area (Å²) in [6.07, 6.45) is 0.205. The molecule has 1 saturated heterocycles. The maximum Gasteiger partial charge on any atom is 0.338 e. The predicted molar refractivity (Wildman–Crippen MR) is 114 cm³/mol. The molecule has 0 amide bonds. The Kier molecular flexibility index (Phi) is 7.26. The Labute approximate surface area is 174 Å². The van der Waals surface area contributed by atoms with Crippen molar-refractivity contribution in [2.45, 2.75) is 49.5 Å². The minimum Gasteiger partial charge on any atom is -0.459 e. The van der Waals surface area contributed by atoms with Gasteiger partial charge in [-0.25, -0.2) is 4.79 Å². The van der Waals surface area contributed by atoms with E-state index in [1.165, 1.54) is 0 Å². The van der Waals surface area contributed by atoms with E-state index in [1.54, 1.807) is 0 Å². The fourth-order valence-corrected chi connectivity index (χ4v) is 4.08. The van der Waals surface area contributed by atoms with Crippen LogP contribution in [0.1, 0.15) is 31.4 Å². The second kappa shape index (κ2) is 9.66. The summed E-state index contributed by atoms with van der Waals surface area (Å²) < 4.78 is 5.61. The molecule has 1 aliphatic heterocycles. The van der Waals surface area contributed by atoms with Crippen LogP contribution in [0.3, 0.4) is 0 Å². The van der Waals surface area contributed by atoms with E-state index >= 15 is 0 Å². The van der Waals surface area contributed by atoms with Crippen molar-refractivity contribution in [3.8, 4) is 0 Å². The lowest BCUT2D eigenvalue weighted by Crippen LogP contribution is -2.37. The zero-order chi connectivity index (χ0) is 19.2. The lowest BCUT2D eigenvalue weighted by Gasteiger charge is -2.26. The zero-order valence-electron chi connectivity index (χ0n) is 15.8. The standard InChI is InChI=1S/C22H26INO3/c1-16(2)13-19-20(23)21(22(25)26-19)27-24(14-17-9-5-3-6-10-17)15-18-11-7-4-8-12-18/h3-12,16,19-21H,13-15H2,1-2H3/t19-,20-,21+/m1/s1. The number of cyclic esters (lactones) is 1. The highest BCUT2D eigenvalue weighted by Crippen LogP contribution is 2.31. The summed E-state index contributed by atoms with van der Waals surface area (Å²) in [7, 11) is 0. The summed E-state index contributed by atoms with van der Waals surface area (Å²) in [5.74, 6) is 0.217. The average molecular weight is 479 g/mol. The van der Waals surface area contributed by atoms with Crippen molar-refractivity contribution >= 4 is 28.6 Å². The Hall–Kier alpha value is -1.44. The fraction of sp³-hybridized carbons (Fsp3) is 0.409. The molecule has 0 unspecified atom stereocenters. The molecule has 4 nitrogen and oxygen atoms in total. The second-order valence-corrected chi connectivity index (χ2v) is 8.78. The molecule has 0 radical (unpaired) electrons. The van der Waals surface area contributed by atoms with Gasteiger partial charge in [0.1, 0.15) is 6.10 Å². The van der Waals surface area contributed by atoms with Gasteiger partial charge in [0, 0.05) is 13.1 Å². The summed E-state index contributed by atoms with van der Waals surface area (Å²) >= 11 is 2.30. The first-order valence-electron chi connectivity index (χ1n) is 9.37. The molecule has 1 fully saturated rings. The number of ether oxygens (including phenoxy) is 1. The highest BCUT2D eigenvalue weighted by Gasteiger charge is 2.45. The van der Waals surface area contributed by atoms with Gasteiger partial charge in [0.05, 0.1) is 3.92 Å². The first kappa shape index (κ1) is 20.3. The number of nitrogens with zero attached hydrogens (tertiary/aromatic N) is 1. The van der Waals surface area contributed by atoms with Crippen molar-refractivity contribution in [1.82, 2.24) is 5.06 Å². The molecule has 3 atom stereocenters. The van der Waals surface area contributed by atoms with Gasteiger partial charge in [-0.15, -0.1) is 0 Å². The van der Waals surface area contributed by atoms with Gasteiger partial charge in [-0.05, 0) is 23.5 Å². The highest BCUT2D eigenvalue weighted by atomic mass is 127. The third-order valence-corrected chi connectivity index (χ3v) is 5.97. The smallest absolute Gasteiger partial charge is 0.338 e. The van der Waals surface area contributed by atoms with Crippen LogP contribution in [0, 0.1) is 5.92 Å². The summed E-state index contributed by atoms with van der Waals surface area (Å²) in [5.41, 5.74) is 2.28. The third-order valence-electron chi connectivity index (χ3n) is 4.51. The lowest BCUT2D eigenvalue weighted by atomic mass is 10.0. The molecule has 0 aliphatic carbocycles. The Bertz CT molecular complexity index is 681. The highest BCUT2D eigenvalue weighted by molar-refractivity contribution is 14.1. The largest absolute Gasteiger partial charge is 0.459 e. The van der Waals surface area contributed by atoms with Gasteiger partial charge in [0.2, 0.25) is 0 Å². The van der Waals surface area contributed by atoms with Gasteiger partial charge in [0.15, 0.2) is 6.10 Å². The van der Waals surface area contributed by atoms with Crippen LogP contribution in [0.2, 0.25) is 0 Å². The lowest BCUT2D eigenvalue weighted by molar-refractivity contribution is -0.210. The third kappa shape index (κ3) is 5.77. The summed E-state index contributed by atoms with van der Waals surface area (Å²) in [6.45, 7) is 5.50. The molecule has 0 aromatic heterocycles. The van der Waals surface area contributed by atoms with E-state index < -0.39 is 6.10 Å². The maximum atomic E-state index is 12.4. The molecular weight excluding hydrogens is 453 g/mol. The van der Waals surface area contributed by atoms with Gasteiger partial charge < -0.3 is 4.74 Å². The Morgan fingerprint density at radius 3 is 2.00 bits per heavy atom. The van der Waals surface area contributed by atoms with Crippen LogP contribution in [0.25, 0.3) is 0 Å². The molecular formula is C22H26INO3. The van der Waals surface area contributed by atoms with Crippen LogP contribution in [0.15, 0.2) is 60.7 Å². The minimum atomic E-state index is -0.568. The summed E-state index contributed by atoms with van der Waals surface area (Å²) in [4.78, 5) is 18.6. The van der Waals surface area contributed by atoms with Crippen LogP contribution < -0.4 is 0 Å². The molecule has 144 valence electrons. The molecule has 0 N–H and O–H groups in total. The molecule has 1 aliphatic rings. The van der Waals surface area contributed by atoms with Crippen molar-refractivity contribution < 1.29 is 14.4 Å². The van der Waals surface area contributed by atoms with Crippen LogP contribution in [0.5, 0.6) is 0 Å². The van der Waals surface area contributed by atoms with Crippen molar-refractivity contribution in [2.24, 2.45) is 5.92 Å². The van der Waals surface area contributed by atoms with E-state index in [0.717, 1.165) is 17.5 Å². The number of carbonyl (C=O) groups is 1. The summed E-state index contributed by atoms with van der Waals surface area (Å²) in [5, 5.41) is 1.88. The van der Waals surface area contributed by atoms with Crippen molar-refractivity contribution in [1.29, 1.82) is 0 Å². The number of halogens is 1. The normalized spacial score (nSPS) is 22.4. The molecule has 0 spiro atoms.